The number of sulfonamides is 1. The quantitative estimate of drug-likeness (QED) is 0.149. The van der Waals surface area contributed by atoms with Crippen molar-refractivity contribution in [2.45, 2.75) is 63.2 Å². The number of rotatable bonds is 8. The van der Waals surface area contributed by atoms with Crippen molar-refractivity contribution in [3.05, 3.63) is 131 Å². The summed E-state index contributed by atoms with van der Waals surface area (Å²) in [6.07, 6.45) is 0.556. The fourth-order valence-corrected chi connectivity index (χ4v) is 6.51. The van der Waals surface area contributed by atoms with Crippen molar-refractivity contribution in [3.63, 3.8) is 0 Å². The first-order valence-electron chi connectivity index (χ1n) is 15.6. The minimum absolute atomic E-state index is 0.0517. The molecule has 0 atom stereocenters. The second-order valence-corrected chi connectivity index (χ2v) is 15.8. The van der Waals surface area contributed by atoms with E-state index >= 15 is 0 Å². The van der Waals surface area contributed by atoms with Crippen molar-refractivity contribution in [2.75, 3.05) is 6.54 Å². The number of hydrogen-bond donors (Lipinski definition) is 3. The number of nitrogens with one attached hydrogen (secondary N) is 2. The molecule has 258 valence electrons. The molecule has 0 radical (unpaired) electrons. The van der Waals surface area contributed by atoms with Gasteiger partial charge in [0.05, 0.1) is 21.2 Å². The van der Waals surface area contributed by atoms with Crippen LogP contribution in [-0.4, -0.2) is 43.7 Å². The largest absolute Gasteiger partial charge is 0.337 e. The summed E-state index contributed by atoms with van der Waals surface area (Å²) >= 11 is 0. The highest BCUT2D eigenvalue weighted by Gasteiger charge is 2.20. The lowest BCUT2D eigenvalue weighted by Gasteiger charge is -2.19. The third-order valence-corrected chi connectivity index (χ3v) is 10.0. The van der Waals surface area contributed by atoms with Gasteiger partial charge in [-0.05, 0) is 85.7 Å². The van der Waals surface area contributed by atoms with E-state index in [0.29, 0.717) is 13.0 Å². The van der Waals surface area contributed by atoms with Crippen LogP contribution in [0.25, 0.3) is 16.8 Å². The maximum atomic E-state index is 12.6. The van der Waals surface area contributed by atoms with Crippen molar-refractivity contribution in [1.29, 1.82) is 0 Å². The van der Waals surface area contributed by atoms with Gasteiger partial charge < -0.3 is 5.32 Å². The van der Waals surface area contributed by atoms with Crippen LogP contribution in [0.3, 0.4) is 0 Å². The predicted molar refractivity (Wildman–Crippen MR) is 192 cm³/mol. The summed E-state index contributed by atoms with van der Waals surface area (Å²) < 4.78 is 58.7. The summed E-state index contributed by atoms with van der Waals surface area (Å²) in [5.41, 5.74) is 8.14. The molecule has 0 aliphatic rings. The number of nitrogens with zero attached hydrogens (tertiary/aromatic N) is 2. The second kappa shape index (κ2) is 15.2. The van der Waals surface area contributed by atoms with Crippen LogP contribution < -0.4 is 10.0 Å². The van der Waals surface area contributed by atoms with Gasteiger partial charge in [-0.1, -0.05) is 93.1 Å². The molecule has 0 fully saturated rings. The maximum Gasteiger partial charge on any atom is 0.328 e. The molecule has 0 aliphatic heterocycles. The summed E-state index contributed by atoms with van der Waals surface area (Å²) in [5.74, 6) is 0. The summed E-state index contributed by atoms with van der Waals surface area (Å²) in [5, 5.41) is 7.37. The van der Waals surface area contributed by atoms with Crippen molar-refractivity contribution in [1.82, 2.24) is 19.8 Å². The molecule has 0 saturated heterocycles. The minimum Gasteiger partial charge on any atom is -0.337 e. The Kier molecular flexibility index (Phi) is 11.5. The zero-order valence-electron chi connectivity index (χ0n) is 28.4. The molecular formula is C37H42N4O6S2. The standard InChI is InChI=1S/C30H34N4O3S.C7H8O3S/c1-21-28(24-9-7-6-8-10-24)22(2)34(32-21)26-15-11-23(12-16-26)19-20-31-29(35)33-38(36,37)27-17-13-25(14-18-27)30(3,4)5;1-6-2-4-7(5-3-6)11(8,9)10/h6-18H,19-20H2,1-5H3,(H2,31,33,35);2-5H,1H3,(H,8,9,10). The summed E-state index contributed by atoms with van der Waals surface area (Å²) in [6, 6.07) is 30.0. The molecule has 0 saturated carbocycles. The highest BCUT2D eigenvalue weighted by atomic mass is 32.2. The van der Waals surface area contributed by atoms with E-state index in [-0.39, 0.29) is 15.2 Å². The Morgan fingerprint density at radius 2 is 1.35 bits per heavy atom. The molecule has 3 N–H and O–H groups in total. The van der Waals surface area contributed by atoms with Gasteiger partial charge in [0.15, 0.2) is 0 Å². The SMILES string of the molecule is Cc1ccc(S(=O)(=O)O)cc1.Cc1nn(-c2ccc(CCNC(=O)NS(=O)(=O)c3ccc(C(C)(C)C)cc3)cc2)c(C)c1-c1ccccc1. The molecule has 4 aromatic carbocycles. The number of carbonyl (C=O) groups excluding carboxylic acids is 1. The Balaban J connectivity index is 0.000000418. The minimum atomic E-state index is -4.02. The lowest BCUT2D eigenvalue weighted by molar-refractivity contribution is 0.246. The monoisotopic (exact) mass is 702 g/mol. The van der Waals surface area contributed by atoms with Gasteiger partial charge in [0.25, 0.3) is 20.1 Å². The third-order valence-electron chi connectivity index (χ3n) is 7.81. The molecule has 5 aromatic rings. The lowest BCUT2D eigenvalue weighted by Crippen LogP contribution is -2.40. The first-order valence-corrected chi connectivity index (χ1v) is 18.5. The van der Waals surface area contributed by atoms with E-state index in [1.165, 1.54) is 24.3 Å². The lowest BCUT2D eigenvalue weighted by atomic mass is 9.87. The number of aromatic nitrogens is 2. The first-order chi connectivity index (χ1) is 23.0. The number of carbonyl (C=O) groups is 1. The third kappa shape index (κ3) is 9.88. The Labute approximate surface area is 289 Å². The average molecular weight is 703 g/mol. The Morgan fingerprint density at radius 1 is 0.776 bits per heavy atom. The number of aryl methyl sites for hydroxylation is 2. The van der Waals surface area contributed by atoms with Gasteiger partial charge >= 0.3 is 6.03 Å². The molecule has 1 heterocycles. The molecule has 0 unspecified atom stereocenters. The van der Waals surface area contributed by atoms with Gasteiger partial charge in [-0.25, -0.2) is 22.6 Å². The fourth-order valence-electron chi connectivity index (χ4n) is 5.10. The first kappa shape index (κ1) is 37.0. The summed E-state index contributed by atoms with van der Waals surface area (Å²) in [4.78, 5) is 12.2. The van der Waals surface area contributed by atoms with Crippen LogP contribution in [0.2, 0.25) is 0 Å². The topological polar surface area (TPSA) is 147 Å². The van der Waals surface area contributed by atoms with E-state index < -0.39 is 26.2 Å². The van der Waals surface area contributed by atoms with Crippen LogP contribution in [-0.2, 0) is 32.0 Å². The van der Waals surface area contributed by atoms with Gasteiger partial charge in [0.2, 0.25) is 0 Å². The van der Waals surface area contributed by atoms with Crippen molar-refractivity contribution in [2.24, 2.45) is 0 Å². The molecule has 0 aliphatic carbocycles. The predicted octanol–water partition coefficient (Wildman–Crippen LogP) is 6.93. The molecule has 2 amide bonds. The average Bonchev–Trinajstić information content (AvgIpc) is 3.34. The fraction of sp³-hybridized carbons (Fsp3) is 0.243. The maximum absolute atomic E-state index is 12.6. The number of benzene rings is 4. The van der Waals surface area contributed by atoms with Gasteiger partial charge in [-0.2, -0.15) is 13.5 Å². The highest BCUT2D eigenvalue weighted by molar-refractivity contribution is 7.90. The molecule has 10 nitrogen and oxygen atoms in total. The van der Waals surface area contributed by atoms with Crippen molar-refractivity contribution in [3.8, 4) is 16.8 Å². The van der Waals surface area contributed by atoms with E-state index in [1.54, 1.807) is 24.3 Å². The second-order valence-electron chi connectivity index (χ2n) is 12.7. The van der Waals surface area contributed by atoms with Crippen LogP contribution in [0.5, 0.6) is 0 Å². The van der Waals surface area contributed by atoms with Crippen LogP contribution in [0.15, 0.2) is 113 Å². The van der Waals surface area contributed by atoms with Gasteiger partial charge in [-0.3, -0.25) is 4.55 Å². The molecule has 12 heteroatoms. The van der Waals surface area contributed by atoms with E-state index in [2.05, 4.69) is 49.9 Å². The summed E-state index contributed by atoms with van der Waals surface area (Å²) in [7, 11) is -7.97. The number of urea groups is 1. The van der Waals surface area contributed by atoms with E-state index in [9.17, 15) is 21.6 Å². The zero-order chi connectivity index (χ0) is 36.0. The highest BCUT2D eigenvalue weighted by Crippen LogP contribution is 2.28. The van der Waals surface area contributed by atoms with E-state index in [1.807, 2.05) is 61.0 Å². The molecule has 0 bridgehead atoms. The summed E-state index contributed by atoms with van der Waals surface area (Å²) in [6.45, 7) is 12.4. The molecule has 0 spiro atoms. The Morgan fingerprint density at radius 3 is 1.90 bits per heavy atom. The van der Waals surface area contributed by atoms with E-state index in [4.69, 9.17) is 9.65 Å². The van der Waals surface area contributed by atoms with E-state index in [0.717, 1.165) is 44.9 Å². The van der Waals surface area contributed by atoms with Crippen LogP contribution in [0.1, 0.15) is 48.8 Å². The van der Waals surface area contributed by atoms with Crippen LogP contribution in [0.4, 0.5) is 4.79 Å². The van der Waals surface area contributed by atoms with Crippen molar-refractivity contribution < 1.29 is 26.2 Å². The van der Waals surface area contributed by atoms with Crippen molar-refractivity contribution >= 4 is 26.2 Å². The van der Waals surface area contributed by atoms with Gasteiger partial charge in [0.1, 0.15) is 0 Å². The number of amides is 2. The molecule has 5 rings (SSSR count). The zero-order valence-corrected chi connectivity index (χ0v) is 30.1. The molecular weight excluding hydrogens is 661 g/mol. The Bertz CT molecular complexity index is 2100. The van der Waals surface area contributed by atoms with Gasteiger partial charge in [-0.15, -0.1) is 0 Å². The Hall–Kier alpha value is -4.78. The van der Waals surface area contributed by atoms with Crippen LogP contribution in [0, 0.1) is 20.8 Å². The normalized spacial score (nSPS) is 11.7. The molecule has 49 heavy (non-hydrogen) atoms. The van der Waals surface area contributed by atoms with Crippen LogP contribution >= 0.6 is 0 Å². The smallest absolute Gasteiger partial charge is 0.328 e. The molecule has 1 aromatic heterocycles. The number of hydrogen-bond acceptors (Lipinski definition) is 6. The van der Waals surface area contributed by atoms with Gasteiger partial charge in [0, 0.05) is 17.8 Å².